The lowest BCUT2D eigenvalue weighted by Crippen LogP contribution is -2.46. The predicted molar refractivity (Wildman–Crippen MR) is 159 cm³/mol. The maximum atomic E-state index is 14.0. The molecule has 3 atom stereocenters. The van der Waals surface area contributed by atoms with Crippen LogP contribution in [0, 0.1) is 5.92 Å². The smallest absolute Gasteiger partial charge is 0.264 e. The molecule has 0 bridgehead atoms. The van der Waals surface area contributed by atoms with E-state index in [4.69, 9.17) is 0 Å². The summed E-state index contributed by atoms with van der Waals surface area (Å²) in [7, 11) is 0. The van der Waals surface area contributed by atoms with Crippen LogP contribution in [-0.2, 0) is 39.5 Å². The summed E-state index contributed by atoms with van der Waals surface area (Å²) in [6.07, 6.45) is 4.58. The number of benzene rings is 3. The number of aliphatic hydroxyl groups is 2. The van der Waals surface area contributed by atoms with E-state index in [2.05, 4.69) is 0 Å². The fourth-order valence-electron chi connectivity index (χ4n) is 6.29. The van der Waals surface area contributed by atoms with Crippen molar-refractivity contribution in [2.75, 3.05) is 23.0 Å². The average Bonchev–Trinajstić information content (AvgIpc) is 3.22. The molecule has 216 valence electrons. The van der Waals surface area contributed by atoms with Crippen LogP contribution in [0.5, 0.6) is 0 Å². The van der Waals surface area contributed by atoms with Gasteiger partial charge in [-0.1, -0.05) is 73.7 Å². The molecule has 1 fully saturated rings. The van der Waals surface area contributed by atoms with E-state index in [0.717, 1.165) is 16.7 Å². The predicted octanol–water partition coefficient (Wildman–Crippen LogP) is 3.69. The number of aliphatic hydroxyl groups excluding tert-OH is 1. The van der Waals surface area contributed by atoms with Gasteiger partial charge in [-0.3, -0.25) is 14.4 Å². The van der Waals surface area contributed by atoms with Crippen LogP contribution in [0.2, 0.25) is 0 Å². The van der Waals surface area contributed by atoms with E-state index in [1.54, 1.807) is 45.9 Å². The van der Waals surface area contributed by atoms with Crippen molar-refractivity contribution in [3.8, 4) is 0 Å². The van der Waals surface area contributed by atoms with Gasteiger partial charge in [0.2, 0.25) is 11.8 Å². The largest absolute Gasteiger partial charge is 0.394 e. The second-order valence-electron chi connectivity index (χ2n) is 11.4. The number of nitrogens with zero attached hydrogens (tertiary/aromatic N) is 3. The monoisotopic (exact) mass is 565 g/mol. The maximum absolute atomic E-state index is 14.0. The van der Waals surface area contributed by atoms with Gasteiger partial charge in [0.25, 0.3) is 5.91 Å². The van der Waals surface area contributed by atoms with Crippen molar-refractivity contribution >= 4 is 29.1 Å². The molecule has 8 nitrogen and oxygen atoms in total. The molecule has 6 rings (SSSR count). The summed E-state index contributed by atoms with van der Waals surface area (Å²) in [5.74, 6) is -1.21. The second kappa shape index (κ2) is 11.2. The molecule has 0 radical (unpaired) electrons. The molecule has 3 aromatic rings. The molecule has 0 aliphatic carbocycles. The summed E-state index contributed by atoms with van der Waals surface area (Å²) in [4.78, 5) is 44.3. The summed E-state index contributed by atoms with van der Waals surface area (Å²) in [5, 5.41) is 22.1. The highest BCUT2D eigenvalue weighted by Crippen LogP contribution is 2.47. The Balaban J connectivity index is 1.25. The number of amides is 3. The zero-order valence-electron chi connectivity index (χ0n) is 23.6. The molecule has 3 heterocycles. The fourth-order valence-corrected chi connectivity index (χ4v) is 6.29. The quantitative estimate of drug-likeness (QED) is 0.321. The summed E-state index contributed by atoms with van der Waals surface area (Å²) >= 11 is 0. The first-order chi connectivity index (χ1) is 20.3. The maximum Gasteiger partial charge on any atom is 0.264 e. The molecule has 3 aliphatic heterocycles. The minimum absolute atomic E-state index is 0.0110. The minimum Gasteiger partial charge on any atom is -0.394 e. The molecule has 0 unspecified atom stereocenters. The zero-order chi connectivity index (χ0) is 29.4. The van der Waals surface area contributed by atoms with E-state index in [9.17, 15) is 24.6 Å². The van der Waals surface area contributed by atoms with Crippen molar-refractivity contribution in [1.82, 2.24) is 4.90 Å². The minimum atomic E-state index is -1.87. The molecule has 0 spiro atoms. The Labute approximate surface area is 245 Å². The lowest BCUT2D eigenvalue weighted by Gasteiger charge is -2.36. The Hall–Kier alpha value is -4.27. The molecule has 8 heteroatoms. The number of carbonyl (C=O) groups excluding carboxylic acids is 3. The third-order valence-corrected chi connectivity index (χ3v) is 8.86. The van der Waals surface area contributed by atoms with Gasteiger partial charge in [0, 0.05) is 43.1 Å². The Kier molecular flexibility index (Phi) is 7.43. The van der Waals surface area contributed by atoms with Crippen molar-refractivity contribution in [3.05, 3.63) is 107 Å². The van der Waals surface area contributed by atoms with E-state index in [0.29, 0.717) is 49.4 Å². The molecule has 2 N–H and O–H groups in total. The highest BCUT2D eigenvalue weighted by molar-refractivity contribution is 6.08. The Morgan fingerprint density at radius 1 is 1.05 bits per heavy atom. The van der Waals surface area contributed by atoms with Crippen molar-refractivity contribution in [1.29, 1.82) is 0 Å². The van der Waals surface area contributed by atoms with Crippen LogP contribution in [0.3, 0.4) is 0 Å². The summed E-state index contributed by atoms with van der Waals surface area (Å²) in [6, 6.07) is 22.6. The van der Waals surface area contributed by atoms with Gasteiger partial charge in [-0.15, -0.1) is 0 Å². The van der Waals surface area contributed by atoms with Crippen LogP contribution in [0.4, 0.5) is 11.4 Å². The van der Waals surface area contributed by atoms with E-state index in [1.165, 1.54) is 0 Å². The van der Waals surface area contributed by atoms with Gasteiger partial charge >= 0.3 is 0 Å². The lowest BCUT2D eigenvalue weighted by atomic mass is 9.82. The van der Waals surface area contributed by atoms with Crippen LogP contribution >= 0.6 is 0 Å². The molecule has 42 heavy (non-hydrogen) atoms. The van der Waals surface area contributed by atoms with Crippen molar-refractivity contribution in [3.63, 3.8) is 0 Å². The van der Waals surface area contributed by atoms with Crippen LogP contribution in [0.25, 0.3) is 0 Å². The molecule has 0 saturated carbocycles. The molecule has 1 saturated heterocycles. The lowest BCUT2D eigenvalue weighted by molar-refractivity contribution is -0.139. The number of hydrogen-bond acceptors (Lipinski definition) is 5. The van der Waals surface area contributed by atoms with Gasteiger partial charge in [-0.25, -0.2) is 0 Å². The van der Waals surface area contributed by atoms with E-state index in [1.807, 2.05) is 60.7 Å². The van der Waals surface area contributed by atoms with Crippen LogP contribution in [0.15, 0.2) is 84.9 Å². The topological polar surface area (TPSA) is 101 Å². The molecule has 3 aromatic carbocycles. The number of anilines is 2. The fraction of sp³-hybridized carbons (Fsp3) is 0.324. The first-order valence-electron chi connectivity index (χ1n) is 14.5. The van der Waals surface area contributed by atoms with Gasteiger partial charge in [-0.05, 0) is 41.3 Å². The number of rotatable bonds is 8. The normalized spacial score (nSPS) is 22.3. The highest BCUT2D eigenvalue weighted by atomic mass is 16.3. The number of fused-ring (bicyclic) bond motifs is 2. The van der Waals surface area contributed by atoms with Crippen LogP contribution in [0.1, 0.15) is 42.0 Å². The van der Waals surface area contributed by atoms with Crippen molar-refractivity contribution in [2.45, 2.75) is 50.9 Å². The van der Waals surface area contributed by atoms with Gasteiger partial charge < -0.3 is 24.9 Å². The number of β-lactam (4-membered cyclic amide) rings is 1. The van der Waals surface area contributed by atoms with E-state index < -0.39 is 17.4 Å². The zero-order valence-corrected chi connectivity index (χ0v) is 23.6. The molecule has 3 amide bonds. The summed E-state index contributed by atoms with van der Waals surface area (Å²) in [6.45, 7) is 2.98. The van der Waals surface area contributed by atoms with E-state index >= 15 is 0 Å². The summed E-state index contributed by atoms with van der Waals surface area (Å²) in [5.41, 5.74) is 3.00. The average molecular weight is 566 g/mol. The SMILES string of the molecule is C[C@@H](/C=C/CC(=O)N1Cc2ccccc2C[C@H]1CO)[C@]1(O)C(=O)N(Cc2ccccc2)c2ccc(N3CCC3=O)cc21. The molecule has 3 aliphatic rings. The third-order valence-electron chi connectivity index (χ3n) is 8.86. The number of carbonyl (C=O) groups is 3. The summed E-state index contributed by atoms with van der Waals surface area (Å²) < 4.78 is 0. The third kappa shape index (κ3) is 4.80. The van der Waals surface area contributed by atoms with Gasteiger partial charge in [0.1, 0.15) is 0 Å². The molecular formula is C34H35N3O5. The molecular weight excluding hydrogens is 530 g/mol. The van der Waals surface area contributed by atoms with Gasteiger partial charge in [0.15, 0.2) is 5.60 Å². The first-order valence-corrected chi connectivity index (χ1v) is 14.5. The Bertz CT molecular complexity index is 1550. The highest BCUT2D eigenvalue weighted by Gasteiger charge is 2.53. The first kappa shape index (κ1) is 27.9. The molecule has 0 aromatic heterocycles. The Morgan fingerprint density at radius 2 is 1.79 bits per heavy atom. The number of hydrogen-bond donors (Lipinski definition) is 2. The van der Waals surface area contributed by atoms with Crippen LogP contribution in [-0.4, -0.2) is 52.0 Å². The Morgan fingerprint density at radius 3 is 2.48 bits per heavy atom. The van der Waals surface area contributed by atoms with Gasteiger partial charge in [0.05, 0.1) is 24.9 Å². The van der Waals surface area contributed by atoms with Crippen molar-refractivity contribution in [2.24, 2.45) is 5.92 Å². The second-order valence-corrected chi connectivity index (χ2v) is 11.4. The van der Waals surface area contributed by atoms with Crippen LogP contribution < -0.4 is 9.80 Å². The van der Waals surface area contributed by atoms with Crippen molar-refractivity contribution < 1.29 is 24.6 Å². The standard InChI is InChI=1S/C34H35N3O5/c1-23(8-7-13-31(39)36-21-26-12-6-5-11-25(26)18-28(36)22-38)34(42)29-19-27(35-17-16-32(35)40)14-15-30(29)37(33(34)41)20-24-9-3-2-4-10-24/h2-12,14-15,19,23,28,38,42H,13,16-18,20-22H2,1H3/b8-7+/t23-,28-,34+/m0/s1. The van der Waals surface area contributed by atoms with E-state index in [-0.39, 0.29) is 30.9 Å². The van der Waals surface area contributed by atoms with Gasteiger partial charge in [-0.2, -0.15) is 0 Å².